The number of rotatable bonds is 2. The van der Waals surface area contributed by atoms with Crippen LogP contribution in [0.15, 0.2) is 23.8 Å². The normalized spacial score (nSPS) is 14.7. The van der Waals surface area contributed by atoms with Crippen LogP contribution >= 0.6 is 11.3 Å². The van der Waals surface area contributed by atoms with E-state index in [9.17, 15) is 9.59 Å². The minimum absolute atomic E-state index is 0.00567. The summed E-state index contributed by atoms with van der Waals surface area (Å²) in [5.41, 5.74) is 15.1. The van der Waals surface area contributed by atoms with E-state index in [1.54, 1.807) is 18.6 Å². The Morgan fingerprint density at radius 2 is 2.06 bits per heavy atom. The number of likely N-dealkylation sites (tertiary alicyclic amines) is 1. The van der Waals surface area contributed by atoms with Gasteiger partial charge in [-0.2, -0.15) is 0 Å². The number of likely N-dealkylation sites (N-methyl/N-ethyl adjacent to an activating group) is 1. The number of nitrogen functional groups attached to an aromatic ring is 1. The Hall–Kier alpha value is -3.99. The van der Waals surface area contributed by atoms with E-state index in [2.05, 4.69) is 33.7 Å². The molecule has 10 heteroatoms. The number of amides is 2. The number of anilines is 1. The quantitative estimate of drug-likeness (QED) is 0.505. The molecule has 1 fully saturated rings. The lowest BCUT2D eigenvalue weighted by Gasteiger charge is -2.06. The van der Waals surface area contributed by atoms with Crippen LogP contribution in [-0.2, 0) is 4.79 Å². The van der Waals surface area contributed by atoms with Gasteiger partial charge in [-0.15, -0.1) is 30.6 Å². The molecule has 5 N–H and O–H groups in total. The van der Waals surface area contributed by atoms with Crippen molar-refractivity contribution in [1.82, 2.24) is 19.9 Å². The molecule has 1 aliphatic rings. The predicted molar refractivity (Wildman–Crippen MR) is 120 cm³/mol. The summed E-state index contributed by atoms with van der Waals surface area (Å²) in [6.45, 7) is 0.694. The summed E-state index contributed by atoms with van der Waals surface area (Å²) < 4.78 is 0.930. The minimum Gasteiger partial charge on any atom is -0.383 e. The van der Waals surface area contributed by atoms with Gasteiger partial charge in [-0.3, -0.25) is 9.59 Å². The van der Waals surface area contributed by atoms with Gasteiger partial charge in [-0.25, -0.2) is 15.0 Å². The van der Waals surface area contributed by atoms with Crippen LogP contribution in [0.4, 0.5) is 5.82 Å². The summed E-state index contributed by atoms with van der Waals surface area (Å²) in [4.78, 5) is 35.9. The molecule has 1 aromatic carbocycles. The first-order valence-electron chi connectivity index (χ1n) is 8.84. The van der Waals surface area contributed by atoms with Crippen LogP contribution in [0.5, 0.6) is 0 Å². The second-order valence-corrected chi connectivity index (χ2v) is 7.17. The number of benzene rings is 1. The van der Waals surface area contributed by atoms with E-state index in [0.717, 1.165) is 10.2 Å². The average Bonchev–Trinajstić information content (AvgIpc) is 3.37. The summed E-state index contributed by atoms with van der Waals surface area (Å²) in [5, 5.41) is 8.78. The molecule has 2 amide bonds. The molecule has 31 heavy (non-hydrogen) atoms. The third-order valence-corrected chi connectivity index (χ3v) is 5.09. The SMILES string of the molecule is C#C.C#Cc1cc(-c2cnc(N)c(C(N)=O)n2)c2ncsc2c1.CN1CC[C@H](O)C1=O. The molecule has 1 saturated heterocycles. The monoisotopic (exact) mass is 436 g/mol. The first kappa shape index (κ1) is 23.3. The van der Waals surface area contributed by atoms with Gasteiger partial charge in [0.05, 0.1) is 27.6 Å². The number of nitrogens with two attached hydrogens (primary N) is 2. The summed E-state index contributed by atoms with van der Waals surface area (Å²) >= 11 is 1.47. The molecule has 0 unspecified atom stereocenters. The molecule has 3 aromatic rings. The van der Waals surface area contributed by atoms with Crippen molar-refractivity contribution in [3.63, 3.8) is 0 Å². The van der Waals surface area contributed by atoms with Crippen molar-refractivity contribution in [3.05, 3.63) is 35.1 Å². The maximum absolute atomic E-state index is 11.3. The topological polar surface area (TPSA) is 148 Å². The summed E-state index contributed by atoms with van der Waals surface area (Å²) in [5.74, 6) is 1.70. The maximum Gasteiger partial charge on any atom is 0.271 e. The van der Waals surface area contributed by atoms with Crippen molar-refractivity contribution in [1.29, 1.82) is 0 Å². The Balaban J connectivity index is 0.000000286. The van der Waals surface area contributed by atoms with Crippen LogP contribution in [0.1, 0.15) is 22.5 Å². The largest absolute Gasteiger partial charge is 0.383 e. The first-order chi connectivity index (χ1) is 14.8. The number of nitrogens with zero attached hydrogens (tertiary/aromatic N) is 4. The second kappa shape index (κ2) is 10.2. The maximum atomic E-state index is 11.3. The number of aromatic nitrogens is 3. The molecule has 158 valence electrons. The molecule has 0 radical (unpaired) electrons. The number of thiazole rings is 1. The molecule has 4 rings (SSSR count). The smallest absolute Gasteiger partial charge is 0.271 e. The third-order valence-electron chi connectivity index (χ3n) is 4.31. The van der Waals surface area contributed by atoms with Crippen molar-refractivity contribution in [2.45, 2.75) is 12.5 Å². The van der Waals surface area contributed by atoms with E-state index in [1.165, 1.54) is 22.4 Å². The Morgan fingerprint density at radius 1 is 1.35 bits per heavy atom. The number of aliphatic hydroxyl groups excluding tert-OH is 1. The Bertz CT molecular complexity index is 1170. The fraction of sp³-hybridized carbons (Fsp3) is 0.190. The van der Waals surface area contributed by atoms with Crippen LogP contribution in [-0.4, -0.2) is 56.5 Å². The molecule has 0 aliphatic carbocycles. The minimum atomic E-state index is -0.732. The number of carbonyl (C=O) groups excluding carboxylic acids is 2. The summed E-state index contributed by atoms with van der Waals surface area (Å²) in [6.07, 6.45) is 14.8. The van der Waals surface area contributed by atoms with Gasteiger partial charge in [0.15, 0.2) is 11.5 Å². The highest BCUT2D eigenvalue weighted by molar-refractivity contribution is 7.16. The highest BCUT2D eigenvalue weighted by Gasteiger charge is 2.26. The van der Waals surface area contributed by atoms with Gasteiger partial charge >= 0.3 is 0 Å². The van der Waals surface area contributed by atoms with Gasteiger partial charge in [0.1, 0.15) is 6.10 Å². The Labute approximate surface area is 183 Å². The van der Waals surface area contributed by atoms with Crippen LogP contribution in [0.3, 0.4) is 0 Å². The van der Waals surface area contributed by atoms with E-state index in [0.29, 0.717) is 29.8 Å². The first-order valence-corrected chi connectivity index (χ1v) is 9.72. The van der Waals surface area contributed by atoms with E-state index < -0.39 is 12.0 Å². The molecule has 0 spiro atoms. The zero-order chi connectivity index (χ0) is 23.1. The van der Waals surface area contributed by atoms with Gasteiger partial charge < -0.3 is 21.5 Å². The lowest BCUT2D eigenvalue weighted by molar-refractivity contribution is -0.133. The zero-order valence-corrected chi connectivity index (χ0v) is 17.5. The van der Waals surface area contributed by atoms with Gasteiger partial charge in [0.25, 0.3) is 11.8 Å². The van der Waals surface area contributed by atoms with Crippen molar-refractivity contribution in [3.8, 4) is 36.4 Å². The number of primary amides is 1. The predicted octanol–water partition coefficient (Wildman–Crippen LogP) is 0.875. The molecular weight excluding hydrogens is 416 g/mol. The zero-order valence-electron chi connectivity index (χ0n) is 16.6. The van der Waals surface area contributed by atoms with Crippen LogP contribution in [0, 0.1) is 25.2 Å². The molecular formula is C21H20N6O3S. The fourth-order valence-corrected chi connectivity index (χ4v) is 3.50. The van der Waals surface area contributed by atoms with Crippen molar-refractivity contribution >= 4 is 39.2 Å². The third kappa shape index (κ3) is 5.14. The number of carbonyl (C=O) groups is 2. The standard InChI is InChI=1S/C14H9N5OS.C5H9NO2.C2H2/c1-2-7-3-8(11-10(4-7)21-6-18-11)9-5-17-13(15)12(19-9)14(16)20;1-6-3-2-4(7)5(6)8;1-2/h1,3-6H,(H2,15,17)(H2,16,20);4,7H,2-3H2,1H3;1-2H/t;4-;/m.0./s1. The molecule has 3 heterocycles. The lowest BCUT2D eigenvalue weighted by Crippen LogP contribution is -2.24. The fourth-order valence-electron chi connectivity index (χ4n) is 2.76. The number of hydrogen-bond donors (Lipinski definition) is 3. The highest BCUT2D eigenvalue weighted by atomic mass is 32.1. The van der Waals surface area contributed by atoms with Crippen molar-refractivity contribution in [2.75, 3.05) is 19.3 Å². The summed E-state index contributed by atoms with van der Waals surface area (Å²) in [6, 6.07) is 3.64. The molecule has 0 bridgehead atoms. The number of terminal acetylenes is 2. The van der Waals surface area contributed by atoms with E-state index >= 15 is 0 Å². The van der Waals surface area contributed by atoms with Gasteiger partial charge in [-0.1, -0.05) is 5.92 Å². The van der Waals surface area contributed by atoms with Gasteiger partial charge in [0, 0.05) is 24.7 Å². The average molecular weight is 436 g/mol. The Kier molecular flexibility index (Phi) is 7.64. The molecule has 1 atom stereocenters. The van der Waals surface area contributed by atoms with Crippen LogP contribution in [0.2, 0.25) is 0 Å². The van der Waals surface area contributed by atoms with E-state index in [4.69, 9.17) is 23.0 Å². The van der Waals surface area contributed by atoms with Crippen LogP contribution in [0.25, 0.3) is 21.5 Å². The van der Waals surface area contributed by atoms with Crippen molar-refractivity contribution in [2.24, 2.45) is 5.73 Å². The number of aliphatic hydroxyl groups is 1. The highest BCUT2D eigenvalue weighted by Crippen LogP contribution is 2.30. The summed E-state index contributed by atoms with van der Waals surface area (Å²) in [7, 11) is 1.69. The van der Waals surface area contributed by atoms with E-state index in [1.807, 2.05) is 6.07 Å². The van der Waals surface area contributed by atoms with Gasteiger partial charge in [-0.05, 0) is 18.6 Å². The molecule has 1 aliphatic heterocycles. The Morgan fingerprint density at radius 3 is 2.58 bits per heavy atom. The molecule has 2 aromatic heterocycles. The number of fused-ring (bicyclic) bond motifs is 1. The second-order valence-electron chi connectivity index (χ2n) is 6.28. The van der Waals surface area contributed by atoms with Crippen LogP contribution < -0.4 is 11.5 Å². The van der Waals surface area contributed by atoms with Gasteiger partial charge in [0.2, 0.25) is 0 Å². The lowest BCUT2D eigenvalue weighted by atomic mass is 10.1. The van der Waals surface area contributed by atoms with E-state index in [-0.39, 0.29) is 17.4 Å². The van der Waals surface area contributed by atoms with Crippen molar-refractivity contribution < 1.29 is 14.7 Å². The molecule has 9 nitrogen and oxygen atoms in total. The molecule has 0 saturated carbocycles. The number of hydrogen-bond acceptors (Lipinski definition) is 8.